The van der Waals surface area contributed by atoms with Crippen LogP contribution in [0.15, 0.2) is 55.2 Å². The maximum absolute atomic E-state index is 13.1. The lowest BCUT2D eigenvalue weighted by molar-refractivity contribution is -0.119. The van der Waals surface area contributed by atoms with Crippen molar-refractivity contribution in [2.75, 3.05) is 6.61 Å². The van der Waals surface area contributed by atoms with Gasteiger partial charge in [-0.05, 0) is 64.3 Å². The molecular weight excluding hydrogens is 516 g/mol. The number of ether oxygens (including phenoxy) is 1. The van der Waals surface area contributed by atoms with Crippen LogP contribution in [0, 0.1) is 0 Å². The monoisotopic (exact) mass is 534 g/mol. The smallest absolute Gasteiger partial charge is 0.282 e. The first-order valence-electron chi connectivity index (χ1n) is 9.27. The van der Waals surface area contributed by atoms with E-state index in [0.29, 0.717) is 26.9 Å². The van der Waals surface area contributed by atoms with Crippen molar-refractivity contribution < 1.29 is 9.53 Å². The molecule has 0 aliphatic carbocycles. The summed E-state index contributed by atoms with van der Waals surface area (Å²) >= 11 is 6.81. The second-order valence-electron chi connectivity index (χ2n) is 6.75. The zero-order valence-electron chi connectivity index (χ0n) is 16.4. The minimum atomic E-state index is -0.556. The van der Waals surface area contributed by atoms with Gasteiger partial charge in [-0.25, -0.2) is 4.98 Å². The Labute approximate surface area is 190 Å². The molecule has 9 heteroatoms. The van der Waals surface area contributed by atoms with Crippen LogP contribution in [0.5, 0.6) is 5.75 Å². The molecule has 2 aromatic carbocycles. The molecule has 0 saturated carbocycles. The Morgan fingerprint density at radius 3 is 2.73 bits per heavy atom. The molecule has 1 heterocycles. The number of hydrogen-bond donors (Lipinski definition) is 1. The van der Waals surface area contributed by atoms with Crippen LogP contribution in [0.25, 0.3) is 10.9 Å². The van der Waals surface area contributed by atoms with Crippen LogP contribution in [0.1, 0.15) is 37.6 Å². The van der Waals surface area contributed by atoms with Crippen molar-refractivity contribution in [1.82, 2.24) is 9.66 Å². The zero-order chi connectivity index (χ0) is 21.8. The van der Waals surface area contributed by atoms with Crippen LogP contribution in [0.2, 0.25) is 0 Å². The van der Waals surface area contributed by atoms with Gasteiger partial charge in [0.15, 0.2) is 6.61 Å². The molecule has 3 rings (SSSR count). The van der Waals surface area contributed by atoms with Crippen molar-refractivity contribution in [1.29, 1.82) is 0 Å². The van der Waals surface area contributed by atoms with Gasteiger partial charge >= 0.3 is 0 Å². The molecule has 7 nitrogen and oxygen atoms in total. The molecule has 3 aromatic rings. The van der Waals surface area contributed by atoms with Crippen molar-refractivity contribution in [2.45, 2.75) is 26.2 Å². The van der Waals surface area contributed by atoms with Crippen molar-refractivity contribution in [2.24, 2.45) is 10.8 Å². The van der Waals surface area contributed by atoms with Gasteiger partial charge in [0.25, 0.3) is 11.5 Å². The molecule has 2 N–H and O–H groups in total. The van der Waals surface area contributed by atoms with Gasteiger partial charge in [0.1, 0.15) is 11.6 Å². The molecule has 30 heavy (non-hydrogen) atoms. The number of aromatic nitrogens is 2. The molecule has 1 atom stereocenters. The number of benzene rings is 2. The van der Waals surface area contributed by atoms with E-state index in [2.05, 4.69) is 41.9 Å². The average molecular weight is 536 g/mol. The van der Waals surface area contributed by atoms with E-state index in [-0.39, 0.29) is 18.1 Å². The summed E-state index contributed by atoms with van der Waals surface area (Å²) in [4.78, 5) is 28.7. The van der Waals surface area contributed by atoms with E-state index < -0.39 is 5.91 Å². The van der Waals surface area contributed by atoms with E-state index in [1.54, 1.807) is 30.5 Å². The maximum atomic E-state index is 13.1. The van der Waals surface area contributed by atoms with E-state index in [1.165, 1.54) is 4.68 Å². The molecule has 0 aliphatic rings. The number of fused-ring (bicyclic) bond motifs is 1. The van der Waals surface area contributed by atoms with Crippen LogP contribution in [-0.2, 0) is 4.79 Å². The second-order valence-corrected chi connectivity index (χ2v) is 8.52. The largest absolute Gasteiger partial charge is 0.483 e. The number of amides is 1. The van der Waals surface area contributed by atoms with Gasteiger partial charge in [0, 0.05) is 10.4 Å². The number of nitrogens with two attached hydrogens (primary N) is 1. The summed E-state index contributed by atoms with van der Waals surface area (Å²) < 4.78 is 8.12. The highest BCUT2D eigenvalue weighted by Crippen LogP contribution is 2.26. The van der Waals surface area contributed by atoms with Crippen molar-refractivity contribution in [3.63, 3.8) is 0 Å². The van der Waals surface area contributed by atoms with Crippen LogP contribution in [0.4, 0.5) is 0 Å². The summed E-state index contributed by atoms with van der Waals surface area (Å²) in [6, 6.07) is 10.7. The lowest BCUT2D eigenvalue weighted by Gasteiger charge is -2.14. The number of primary amides is 1. The first kappa shape index (κ1) is 22.2. The Morgan fingerprint density at radius 1 is 1.30 bits per heavy atom. The normalized spacial score (nSPS) is 12.4. The van der Waals surface area contributed by atoms with Gasteiger partial charge in [-0.2, -0.15) is 9.78 Å². The highest BCUT2D eigenvalue weighted by molar-refractivity contribution is 9.10. The van der Waals surface area contributed by atoms with Crippen LogP contribution >= 0.6 is 31.9 Å². The molecule has 0 fully saturated rings. The minimum absolute atomic E-state index is 0.0548. The quantitative estimate of drug-likeness (QED) is 0.458. The van der Waals surface area contributed by atoms with Crippen LogP contribution < -0.4 is 16.0 Å². The number of rotatable bonds is 7. The van der Waals surface area contributed by atoms with Crippen LogP contribution in [-0.4, -0.2) is 28.4 Å². The number of nitrogens with zero attached hydrogens (tertiary/aromatic N) is 3. The van der Waals surface area contributed by atoms with Crippen molar-refractivity contribution >= 4 is 54.9 Å². The molecule has 0 aliphatic heterocycles. The summed E-state index contributed by atoms with van der Waals surface area (Å²) in [6.07, 6.45) is 2.41. The van der Waals surface area contributed by atoms with Gasteiger partial charge in [0.2, 0.25) is 0 Å². The highest BCUT2D eigenvalue weighted by atomic mass is 79.9. The predicted octanol–water partition coefficient (Wildman–Crippen LogP) is 4.18. The number of hydrogen-bond acceptors (Lipinski definition) is 5. The van der Waals surface area contributed by atoms with E-state index >= 15 is 0 Å². The lowest BCUT2D eigenvalue weighted by Crippen LogP contribution is -2.23. The Balaban J connectivity index is 2.02. The molecule has 0 saturated heterocycles. The second kappa shape index (κ2) is 9.53. The lowest BCUT2D eigenvalue weighted by atomic mass is 10.1. The molecule has 156 valence electrons. The fraction of sp³-hybridized carbons (Fsp3) is 0.238. The molecule has 1 aromatic heterocycles. The third-order valence-electron chi connectivity index (χ3n) is 4.53. The van der Waals surface area contributed by atoms with Gasteiger partial charge in [-0.1, -0.05) is 29.8 Å². The van der Waals surface area contributed by atoms with Gasteiger partial charge in [0.05, 0.1) is 21.6 Å². The van der Waals surface area contributed by atoms with Crippen molar-refractivity contribution in [3.05, 3.63) is 67.1 Å². The van der Waals surface area contributed by atoms with Gasteiger partial charge < -0.3 is 10.5 Å². The number of carbonyl (C=O) groups is 1. The third kappa shape index (κ3) is 4.96. The Kier molecular flexibility index (Phi) is 7.04. The molecule has 0 spiro atoms. The zero-order valence-corrected chi connectivity index (χ0v) is 19.6. The average Bonchev–Trinajstić information content (AvgIpc) is 2.72. The standard InChI is InChI=1S/C21H20Br2N4O3/c1-3-12(2)20-26-17-6-5-14(22)9-15(17)21(29)27(20)25-10-13-4-7-18(16(23)8-13)30-11-19(24)28/h4-10,12H,3,11H2,1-2H3,(H2,24,28)/t12-/m1/s1. The summed E-state index contributed by atoms with van der Waals surface area (Å²) in [5, 5.41) is 4.93. The molecule has 0 bridgehead atoms. The Hall–Kier alpha value is -2.52. The first-order valence-corrected chi connectivity index (χ1v) is 10.9. The highest BCUT2D eigenvalue weighted by Gasteiger charge is 2.15. The molecular formula is C21H20Br2N4O3. The maximum Gasteiger partial charge on any atom is 0.282 e. The van der Waals surface area contributed by atoms with E-state index in [1.807, 2.05) is 26.0 Å². The number of carbonyl (C=O) groups excluding carboxylic acids is 1. The van der Waals surface area contributed by atoms with Gasteiger partial charge in [-0.15, -0.1) is 0 Å². The summed E-state index contributed by atoms with van der Waals surface area (Å²) in [7, 11) is 0. The van der Waals surface area contributed by atoms with E-state index in [9.17, 15) is 9.59 Å². The molecule has 0 radical (unpaired) electrons. The Bertz CT molecular complexity index is 1190. The third-order valence-corrected chi connectivity index (χ3v) is 5.65. The molecule has 0 unspecified atom stereocenters. The SMILES string of the molecule is CC[C@@H](C)c1nc2ccc(Br)cc2c(=O)n1N=Cc1ccc(OCC(N)=O)c(Br)c1. The first-order chi connectivity index (χ1) is 14.3. The van der Waals surface area contributed by atoms with Crippen LogP contribution in [0.3, 0.4) is 0 Å². The topological polar surface area (TPSA) is 99.6 Å². The van der Waals surface area contributed by atoms with E-state index in [0.717, 1.165) is 16.5 Å². The fourth-order valence-corrected chi connectivity index (χ4v) is 3.64. The van der Waals surface area contributed by atoms with Gasteiger partial charge in [-0.3, -0.25) is 9.59 Å². The predicted molar refractivity (Wildman–Crippen MR) is 124 cm³/mol. The minimum Gasteiger partial charge on any atom is -0.483 e. The van der Waals surface area contributed by atoms with E-state index in [4.69, 9.17) is 10.5 Å². The molecule has 1 amide bonds. The van der Waals surface area contributed by atoms with Crippen molar-refractivity contribution in [3.8, 4) is 5.75 Å². The number of halogens is 2. The summed E-state index contributed by atoms with van der Waals surface area (Å²) in [6.45, 7) is 3.84. The fourth-order valence-electron chi connectivity index (χ4n) is 2.77. The summed E-state index contributed by atoms with van der Waals surface area (Å²) in [5.74, 6) is 0.592. The summed E-state index contributed by atoms with van der Waals surface area (Å²) in [5.41, 5.74) is 6.26. The Morgan fingerprint density at radius 2 is 2.07 bits per heavy atom.